The Bertz CT molecular complexity index is 1180. The Morgan fingerprint density at radius 2 is 1.77 bits per heavy atom. The molecule has 2 aliphatic rings. The highest BCUT2D eigenvalue weighted by molar-refractivity contribution is 6.01. The van der Waals surface area contributed by atoms with Crippen molar-refractivity contribution in [3.63, 3.8) is 0 Å². The molecule has 1 aliphatic carbocycles. The number of anilines is 1. The molecule has 0 spiro atoms. The lowest BCUT2D eigenvalue weighted by Crippen LogP contribution is -2.52. The molecule has 1 atom stereocenters. The summed E-state index contributed by atoms with van der Waals surface area (Å²) in [6.45, 7) is 3.15. The average Bonchev–Trinajstić information content (AvgIpc) is 2.82. The summed E-state index contributed by atoms with van der Waals surface area (Å²) >= 11 is 0. The summed E-state index contributed by atoms with van der Waals surface area (Å²) in [5.74, 6) is -0.0928. The topological polar surface area (TPSA) is 119 Å². The maximum atomic E-state index is 13.4. The predicted molar refractivity (Wildman–Crippen MR) is 134 cm³/mol. The molecule has 2 fully saturated rings. The second kappa shape index (κ2) is 11.0. The summed E-state index contributed by atoms with van der Waals surface area (Å²) in [6, 6.07) is 8.88. The summed E-state index contributed by atoms with van der Waals surface area (Å²) in [5.41, 5.74) is 5.73. The molecular formula is C26H35N5O4. The molecule has 1 saturated carbocycles. The van der Waals surface area contributed by atoms with Gasteiger partial charge in [-0.15, -0.1) is 0 Å². The first-order valence-electron chi connectivity index (χ1n) is 12.6. The molecule has 0 bridgehead atoms. The van der Waals surface area contributed by atoms with Crippen molar-refractivity contribution in [1.82, 2.24) is 19.4 Å². The number of nitrogens with one attached hydrogen (secondary N) is 1. The van der Waals surface area contributed by atoms with Crippen molar-refractivity contribution in [1.29, 1.82) is 0 Å². The Morgan fingerprint density at radius 3 is 2.43 bits per heavy atom. The summed E-state index contributed by atoms with van der Waals surface area (Å²) < 4.78 is 2.33. The summed E-state index contributed by atoms with van der Waals surface area (Å²) in [7, 11) is 0. The van der Waals surface area contributed by atoms with Crippen LogP contribution < -0.4 is 22.3 Å². The molecule has 0 unspecified atom stereocenters. The quantitative estimate of drug-likeness (QED) is 0.525. The van der Waals surface area contributed by atoms with E-state index in [9.17, 15) is 19.2 Å². The Balaban J connectivity index is 1.58. The number of amides is 1. The van der Waals surface area contributed by atoms with Crippen molar-refractivity contribution >= 4 is 17.5 Å². The predicted octanol–water partition coefficient (Wildman–Crippen LogP) is 1.61. The molecule has 1 aromatic heterocycles. The van der Waals surface area contributed by atoms with Gasteiger partial charge < -0.3 is 11.1 Å². The molecule has 1 aliphatic heterocycles. The number of ketones is 1. The fourth-order valence-electron chi connectivity index (χ4n) is 4.98. The Morgan fingerprint density at radius 1 is 1.03 bits per heavy atom. The minimum Gasteiger partial charge on any atom is -0.384 e. The molecule has 1 aromatic carbocycles. The van der Waals surface area contributed by atoms with Crippen molar-refractivity contribution < 1.29 is 9.59 Å². The fourth-order valence-corrected chi connectivity index (χ4v) is 4.98. The van der Waals surface area contributed by atoms with Crippen LogP contribution in [0.4, 0.5) is 5.82 Å². The number of benzene rings is 1. The second-order valence-electron chi connectivity index (χ2n) is 9.61. The third kappa shape index (κ3) is 5.40. The zero-order valence-electron chi connectivity index (χ0n) is 20.4. The lowest BCUT2D eigenvalue weighted by molar-refractivity contribution is -0.127. The minimum absolute atomic E-state index is 0.0580. The van der Waals surface area contributed by atoms with E-state index in [1.54, 1.807) is 6.92 Å². The lowest BCUT2D eigenvalue weighted by atomic mass is 9.85. The summed E-state index contributed by atoms with van der Waals surface area (Å²) in [5, 5.41) is 3.05. The van der Waals surface area contributed by atoms with E-state index in [0.29, 0.717) is 25.4 Å². The lowest BCUT2D eigenvalue weighted by Gasteiger charge is -2.35. The molecule has 9 heteroatoms. The number of nitrogens with two attached hydrogens (primary N) is 1. The van der Waals surface area contributed by atoms with Gasteiger partial charge in [-0.25, -0.2) is 4.79 Å². The number of carbonyl (C=O) groups is 2. The van der Waals surface area contributed by atoms with Crippen LogP contribution >= 0.6 is 0 Å². The van der Waals surface area contributed by atoms with E-state index in [0.717, 1.165) is 35.8 Å². The molecule has 1 amide bonds. The zero-order valence-corrected chi connectivity index (χ0v) is 20.4. The van der Waals surface area contributed by atoms with Crippen LogP contribution in [0.1, 0.15) is 61.4 Å². The largest absolute Gasteiger partial charge is 0.384 e. The number of hydrogen-bond acceptors (Lipinski definition) is 6. The van der Waals surface area contributed by atoms with Gasteiger partial charge in [-0.1, -0.05) is 43.2 Å². The number of hydrogen-bond donors (Lipinski definition) is 2. The van der Waals surface area contributed by atoms with Gasteiger partial charge in [0.25, 0.3) is 5.56 Å². The van der Waals surface area contributed by atoms with Gasteiger partial charge in [-0.2, -0.15) is 0 Å². The van der Waals surface area contributed by atoms with Crippen LogP contribution in [0, 0.1) is 5.92 Å². The van der Waals surface area contributed by atoms with Crippen molar-refractivity contribution in [2.24, 2.45) is 5.92 Å². The van der Waals surface area contributed by atoms with E-state index < -0.39 is 23.1 Å². The van der Waals surface area contributed by atoms with Gasteiger partial charge in [0.1, 0.15) is 11.4 Å². The van der Waals surface area contributed by atoms with E-state index in [1.165, 1.54) is 11.0 Å². The van der Waals surface area contributed by atoms with Crippen molar-refractivity contribution in [3.8, 4) is 0 Å². The van der Waals surface area contributed by atoms with Gasteiger partial charge in [0.05, 0.1) is 19.1 Å². The highest BCUT2D eigenvalue weighted by Gasteiger charge is 2.32. The van der Waals surface area contributed by atoms with Crippen LogP contribution in [0.2, 0.25) is 0 Å². The second-order valence-corrected chi connectivity index (χ2v) is 9.61. The molecule has 35 heavy (non-hydrogen) atoms. The van der Waals surface area contributed by atoms with Crippen molar-refractivity contribution in [2.75, 3.05) is 25.4 Å². The highest BCUT2D eigenvalue weighted by Crippen LogP contribution is 2.25. The van der Waals surface area contributed by atoms with Crippen LogP contribution in [-0.2, 0) is 17.9 Å². The first kappa shape index (κ1) is 24.9. The number of piperidine rings is 1. The number of Topliss-reactive ketones (excluding diaryl/α,β-unsaturated/α-hetero) is 1. The third-order valence-corrected chi connectivity index (χ3v) is 7.30. The molecule has 4 rings (SSSR count). The Labute approximate surface area is 204 Å². The number of carbonyl (C=O) groups excluding carboxylic acids is 2. The number of rotatable bonds is 9. The average molecular weight is 482 g/mol. The molecule has 0 radical (unpaired) electrons. The van der Waals surface area contributed by atoms with E-state index in [1.807, 2.05) is 35.2 Å². The van der Waals surface area contributed by atoms with Gasteiger partial charge in [0.15, 0.2) is 5.78 Å². The van der Waals surface area contributed by atoms with Gasteiger partial charge in [0, 0.05) is 13.1 Å². The maximum absolute atomic E-state index is 13.4. The van der Waals surface area contributed by atoms with Crippen LogP contribution in [0.15, 0.2) is 39.9 Å². The maximum Gasteiger partial charge on any atom is 0.332 e. The molecule has 188 valence electrons. The van der Waals surface area contributed by atoms with Gasteiger partial charge in [0.2, 0.25) is 5.91 Å². The van der Waals surface area contributed by atoms with E-state index >= 15 is 0 Å². The SMILES string of the molecule is CCn1c(=O)c(C(=O)CN2CCCC[C@@H]2C(=O)NCC2CCC2)c(N)n(Cc2ccccc2)c1=O. The Kier molecular flexibility index (Phi) is 7.85. The molecule has 3 N–H and O–H groups in total. The van der Waals surface area contributed by atoms with Crippen molar-refractivity contribution in [3.05, 3.63) is 62.3 Å². The standard InChI is InChI=1S/C26H35N5O4/c1-2-30-25(34)22(23(27)31(26(30)35)16-19-9-4-3-5-10-19)21(32)17-29-14-7-6-13-20(29)24(33)28-15-18-11-8-12-18/h3-5,9-10,18,20H,2,6-8,11-17,27H2,1H3,(H,28,33)/t20-/m1/s1. The van der Waals surface area contributed by atoms with Crippen LogP contribution in [0.25, 0.3) is 0 Å². The normalized spacial score (nSPS) is 18.7. The van der Waals surface area contributed by atoms with E-state index in [2.05, 4.69) is 5.32 Å². The number of nitrogen functional groups attached to an aromatic ring is 1. The highest BCUT2D eigenvalue weighted by atomic mass is 16.2. The first-order chi connectivity index (χ1) is 16.9. The first-order valence-corrected chi connectivity index (χ1v) is 12.6. The molecule has 2 heterocycles. The van der Waals surface area contributed by atoms with Gasteiger partial charge in [-0.05, 0) is 50.6 Å². The summed E-state index contributed by atoms with van der Waals surface area (Å²) in [6.07, 6.45) is 5.98. The number of likely N-dealkylation sites (tertiary alicyclic amines) is 1. The van der Waals surface area contributed by atoms with Crippen LogP contribution in [0.5, 0.6) is 0 Å². The molecule has 2 aromatic rings. The summed E-state index contributed by atoms with van der Waals surface area (Å²) in [4.78, 5) is 54.3. The van der Waals surface area contributed by atoms with Crippen LogP contribution in [0.3, 0.4) is 0 Å². The van der Waals surface area contributed by atoms with E-state index in [-0.39, 0.29) is 36.9 Å². The van der Waals surface area contributed by atoms with Gasteiger partial charge in [-0.3, -0.25) is 28.4 Å². The van der Waals surface area contributed by atoms with Crippen LogP contribution in [-0.4, -0.2) is 51.4 Å². The van der Waals surface area contributed by atoms with Gasteiger partial charge >= 0.3 is 5.69 Å². The molecular weight excluding hydrogens is 446 g/mol. The Hall–Kier alpha value is -3.20. The zero-order chi connectivity index (χ0) is 24.9. The minimum atomic E-state index is -0.674. The van der Waals surface area contributed by atoms with Crippen molar-refractivity contribution in [2.45, 2.75) is 64.6 Å². The van der Waals surface area contributed by atoms with E-state index in [4.69, 9.17) is 5.73 Å². The smallest absolute Gasteiger partial charge is 0.332 e. The molecule has 9 nitrogen and oxygen atoms in total. The number of aromatic nitrogens is 2. The third-order valence-electron chi connectivity index (χ3n) is 7.30. The fraction of sp³-hybridized carbons (Fsp3) is 0.538. The monoisotopic (exact) mass is 481 g/mol. The molecule has 1 saturated heterocycles. The number of nitrogens with zero attached hydrogens (tertiary/aromatic N) is 3.